The Labute approximate surface area is 126 Å². The van der Waals surface area contributed by atoms with Crippen LogP contribution in [0.25, 0.3) is 5.69 Å². The maximum Gasteiger partial charge on any atom is 0.0991 e. The van der Waals surface area contributed by atoms with Gasteiger partial charge >= 0.3 is 0 Å². The number of likely N-dealkylation sites (tertiary alicyclic amines) is 1. The largest absolute Gasteiger partial charge is 0.389 e. The van der Waals surface area contributed by atoms with Crippen molar-refractivity contribution in [3.05, 3.63) is 48.5 Å². The van der Waals surface area contributed by atoms with Crippen LogP contribution in [-0.2, 0) is 6.54 Å². The summed E-state index contributed by atoms with van der Waals surface area (Å²) in [6.07, 6.45) is 7.78. The van der Waals surface area contributed by atoms with Crippen LogP contribution >= 0.6 is 0 Å². The van der Waals surface area contributed by atoms with Crippen LogP contribution in [0, 0.1) is 0 Å². The molecule has 112 valence electrons. The van der Waals surface area contributed by atoms with Crippen molar-refractivity contribution in [2.75, 3.05) is 6.54 Å². The SMILES string of the molecule is CC(C)(O)C1CCCN1Cc1ccc(-n2ccnc2)cc1. The quantitative estimate of drug-likeness (QED) is 0.939. The Kier molecular flexibility index (Phi) is 3.83. The molecule has 1 aliphatic heterocycles. The monoisotopic (exact) mass is 285 g/mol. The minimum Gasteiger partial charge on any atom is -0.389 e. The predicted octanol–water partition coefficient (Wildman–Crippen LogP) is 2.61. The highest BCUT2D eigenvalue weighted by atomic mass is 16.3. The maximum absolute atomic E-state index is 10.3. The van der Waals surface area contributed by atoms with E-state index >= 15 is 0 Å². The van der Waals surface area contributed by atoms with Crippen LogP contribution in [-0.4, -0.2) is 37.7 Å². The Morgan fingerprint density at radius 1 is 1.29 bits per heavy atom. The molecule has 1 unspecified atom stereocenters. The van der Waals surface area contributed by atoms with E-state index in [-0.39, 0.29) is 6.04 Å². The second kappa shape index (κ2) is 5.62. The Hall–Kier alpha value is -1.65. The van der Waals surface area contributed by atoms with Gasteiger partial charge in [0, 0.05) is 30.7 Å². The summed E-state index contributed by atoms with van der Waals surface area (Å²) >= 11 is 0. The van der Waals surface area contributed by atoms with Gasteiger partial charge in [0.1, 0.15) is 0 Å². The number of imidazole rings is 1. The third kappa shape index (κ3) is 3.17. The number of aliphatic hydroxyl groups is 1. The zero-order valence-corrected chi connectivity index (χ0v) is 12.7. The molecule has 1 saturated heterocycles. The molecule has 1 fully saturated rings. The molecule has 3 rings (SSSR count). The molecule has 1 aromatic carbocycles. The van der Waals surface area contributed by atoms with Gasteiger partial charge < -0.3 is 9.67 Å². The first kappa shape index (κ1) is 14.3. The van der Waals surface area contributed by atoms with Crippen LogP contribution in [0.5, 0.6) is 0 Å². The van der Waals surface area contributed by atoms with Gasteiger partial charge in [-0.1, -0.05) is 12.1 Å². The molecular weight excluding hydrogens is 262 g/mol. The van der Waals surface area contributed by atoms with Crippen LogP contribution < -0.4 is 0 Å². The van der Waals surface area contributed by atoms with Gasteiger partial charge in [0.2, 0.25) is 0 Å². The number of hydrogen-bond donors (Lipinski definition) is 1. The van der Waals surface area contributed by atoms with Crippen molar-refractivity contribution in [2.45, 2.75) is 44.9 Å². The topological polar surface area (TPSA) is 41.3 Å². The lowest BCUT2D eigenvalue weighted by atomic mass is 9.96. The van der Waals surface area contributed by atoms with Crippen molar-refractivity contribution < 1.29 is 5.11 Å². The van der Waals surface area contributed by atoms with E-state index in [1.54, 1.807) is 12.5 Å². The van der Waals surface area contributed by atoms with Crippen molar-refractivity contribution in [2.24, 2.45) is 0 Å². The molecule has 0 bridgehead atoms. The second-order valence-corrected chi connectivity index (χ2v) is 6.42. The van der Waals surface area contributed by atoms with E-state index < -0.39 is 5.60 Å². The highest BCUT2D eigenvalue weighted by molar-refractivity contribution is 5.34. The number of rotatable bonds is 4. The molecule has 2 heterocycles. The second-order valence-electron chi connectivity index (χ2n) is 6.42. The van der Waals surface area contributed by atoms with E-state index in [1.807, 2.05) is 24.6 Å². The first-order valence-electron chi connectivity index (χ1n) is 7.58. The summed E-state index contributed by atoms with van der Waals surface area (Å²) in [6.45, 7) is 5.80. The molecule has 0 radical (unpaired) electrons. The lowest BCUT2D eigenvalue weighted by molar-refractivity contribution is -0.00501. The van der Waals surface area contributed by atoms with E-state index in [0.717, 1.165) is 25.2 Å². The fourth-order valence-electron chi connectivity index (χ4n) is 3.24. The van der Waals surface area contributed by atoms with Crippen LogP contribution in [0.4, 0.5) is 0 Å². The van der Waals surface area contributed by atoms with Crippen molar-refractivity contribution in [1.29, 1.82) is 0 Å². The molecule has 21 heavy (non-hydrogen) atoms. The van der Waals surface area contributed by atoms with Gasteiger partial charge in [-0.3, -0.25) is 4.90 Å². The Morgan fingerprint density at radius 2 is 2.05 bits per heavy atom. The van der Waals surface area contributed by atoms with Crippen LogP contribution in [0.15, 0.2) is 43.0 Å². The highest BCUT2D eigenvalue weighted by Crippen LogP contribution is 2.28. The summed E-state index contributed by atoms with van der Waals surface area (Å²) in [5, 5.41) is 10.3. The van der Waals surface area contributed by atoms with E-state index in [0.29, 0.717) is 0 Å². The summed E-state index contributed by atoms with van der Waals surface area (Å²) in [6, 6.07) is 8.81. The third-order valence-electron chi connectivity index (χ3n) is 4.30. The van der Waals surface area contributed by atoms with Gasteiger partial charge in [-0.2, -0.15) is 0 Å². The number of nitrogens with zero attached hydrogens (tertiary/aromatic N) is 3. The molecule has 1 aromatic heterocycles. The van der Waals surface area contributed by atoms with Gasteiger partial charge in [-0.25, -0.2) is 4.98 Å². The highest BCUT2D eigenvalue weighted by Gasteiger charge is 2.35. The fraction of sp³-hybridized carbons (Fsp3) is 0.471. The normalized spacial score (nSPS) is 20.0. The van der Waals surface area contributed by atoms with Crippen molar-refractivity contribution in [3.63, 3.8) is 0 Å². The molecule has 2 aromatic rings. The molecule has 0 spiro atoms. The predicted molar refractivity (Wildman–Crippen MR) is 83.3 cm³/mol. The number of aromatic nitrogens is 2. The van der Waals surface area contributed by atoms with Gasteiger partial charge in [0.15, 0.2) is 0 Å². The summed E-state index contributed by atoms with van der Waals surface area (Å²) in [5.74, 6) is 0. The standard InChI is InChI=1S/C17H23N3O/c1-17(2,21)16-4-3-10-19(16)12-14-5-7-15(8-6-14)20-11-9-18-13-20/h5-9,11,13,16,21H,3-4,10,12H2,1-2H3. The van der Waals surface area contributed by atoms with Crippen LogP contribution in [0.3, 0.4) is 0 Å². The number of hydrogen-bond acceptors (Lipinski definition) is 3. The molecule has 4 nitrogen and oxygen atoms in total. The fourth-order valence-corrected chi connectivity index (χ4v) is 3.24. The van der Waals surface area contributed by atoms with Crippen molar-refractivity contribution in [3.8, 4) is 5.69 Å². The molecular formula is C17H23N3O. The van der Waals surface area contributed by atoms with Gasteiger partial charge in [-0.15, -0.1) is 0 Å². The third-order valence-corrected chi connectivity index (χ3v) is 4.30. The first-order chi connectivity index (χ1) is 10.0. The minimum absolute atomic E-state index is 0.255. The molecule has 0 saturated carbocycles. The van der Waals surface area contributed by atoms with Gasteiger partial charge in [-0.05, 0) is 50.9 Å². The molecule has 1 aliphatic rings. The van der Waals surface area contributed by atoms with Crippen molar-refractivity contribution in [1.82, 2.24) is 14.5 Å². The van der Waals surface area contributed by atoms with Crippen LogP contribution in [0.1, 0.15) is 32.3 Å². The van der Waals surface area contributed by atoms with E-state index in [1.165, 1.54) is 12.0 Å². The molecule has 0 aliphatic carbocycles. The Balaban J connectivity index is 1.71. The van der Waals surface area contributed by atoms with E-state index in [9.17, 15) is 5.11 Å². The average molecular weight is 285 g/mol. The summed E-state index contributed by atoms with van der Waals surface area (Å²) < 4.78 is 2.00. The van der Waals surface area contributed by atoms with Crippen molar-refractivity contribution >= 4 is 0 Å². The molecule has 0 amide bonds. The number of benzene rings is 1. The summed E-state index contributed by atoms with van der Waals surface area (Å²) in [7, 11) is 0. The zero-order valence-electron chi connectivity index (χ0n) is 12.7. The van der Waals surface area contributed by atoms with E-state index in [4.69, 9.17) is 0 Å². The van der Waals surface area contributed by atoms with Gasteiger partial charge in [0.05, 0.1) is 11.9 Å². The van der Waals surface area contributed by atoms with Gasteiger partial charge in [0.25, 0.3) is 0 Å². The Bertz CT molecular complexity index is 569. The molecule has 1 atom stereocenters. The summed E-state index contributed by atoms with van der Waals surface area (Å²) in [5.41, 5.74) is 1.78. The summed E-state index contributed by atoms with van der Waals surface area (Å²) in [4.78, 5) is 6.46. The maximum atomic E-state index is 10.3. The smallest absolute Gasteiger partial charge is 0.0991 e. The lowest BCUT2D eigenvalue weighted by Crippen LogP contribution is -2.45. The average Bonchev–Trinajstić information content (AvgIpc) is 3.09. The first-order valence-corrected chi connectivity index (χ1v) is 7.58. The molecule has 4 heteroatoms. The molecule has 1 N–H and O–H groups in total. The lowest BCUT2D eigenvalue weighted by Gasteiger charge is -2.33. The van der Waals surface area contributed by atoms with E-state index in [2.05, 4.69) is 34.1 Å². The van der Waals surface area contributed by atoms with Crippen LogP contribution in [0.2, 0.25) is 0 Å². The Morgan fingerprint density at radius 3 is 2.67 bits per heavy atom. The zero-order chi connectivity index (χ0) is 14.9. The minimum atomic E-state index is -0.632.